The quantitative estimate of drug-likeness (QED) is 0.642. The van der Waals surface area contributed by atoms with Crippen molar-refractivity contribution < 1.29 is 9.53 Å². The molecule has 0 aliphatic heterocycles. The summed E-state index contributed by atoms with van der Waals surface area (Å²) in [5.41, 5.74) is 1.32. The predicted molar refractivity (Wildman–Crippen MR) is 78.1 cm³/mol. The normalized spacial score (nSPS) is 11.2. The fourth-order valence-electron chi connectivity index (χ4n) is 1.84. The van der Waals surface area contributed by atoms with Crippen LogP contribution in [0.15, 0.2) is 30.3 Å². The van der Waals surface area contributed by atoms with Gasteiger partial charge in [-0.25, -0.2) is 0 Å². The van der Waals surface area contributed by atoms with E-state index < -0.39 is 0 Å². The molecule has 1 aromatic rings. The summed E-state index contributed by atoms with van der Waals surface area (Å²) >= 11 is 0. The third kappa shape index (κ3) is 7.09. The topological polar surface area (TPSA) is 29.5 Å². The van der Waals surface area contributed by atoms with Crippen LogP contribution in [0.25, 0.3) is 0 Å². The van der Waals surface area contributed by atoms with Crippen molar-refractivity contribution in [3.05, 3.63) is 35.9 Å². The van der Waals surface area contributed by atoms with Crippen LogP contribution in [-0.2, 0) is 16.1 Å². The number of ketones is 1. The standard InChI is InChI=1S/C16H25NO2/c1-14(2)17(10-12-19-11-9-15(3)18)13-16-7-5-4-6-8-16/h4-8,14H,9-13H2,1-3H3. The molecule has 19 heavy (non-hydrogen) atoms. The van der Waals surface area contributed by atoms with Gasteiger partial charge >= 0.3 is 0 Å². The molecule has 106 valence electrons. The first-order valence-electron chi connectivity index (χ1n) is 6.94. The van der Waals surface area contributed by atoms with Gasteiger partial charge in [0.2, 0.25) is 0 Å². The molecule has 0 bridgehead atoms. The van der Waals surface area contributed by atoms with Crippen molar-refractivity contribution >= 4 is 5.78 Å². The van der Waals surface area contributed by atoms with Crippen LogP contribution in [0.5, 0.6) is 0 Å². The molecule has 3 nitrogen and oxygen atoms in total. The van der Waals surface area contributed by atoms with Gasteiger partial charge in [-0.15, -0.1) is 0 Å². The van der Waals surface area contributed by atoms with Gasteiger partial charge in [-0.05, 0) is 26.3 Å². The predicted octanol–water partition coefficient (Wildman–Crippen LogP) is 2.89. The first kappa shape index (κ1) is 15.9. The van der Waals surface area contributed by atoms with E-state index in [-0.39, 0.29) is 5.78 Å². The summed E-state index contributed by atoms with van der Waals surface area (Å²) in [6, 6.07) is 10.9. The summed E-state index contributed by atoms with van der Waals surface area (Å²) in [5, 5.41) is 0. The van der Waals surface area contributed by atoms with E-state index in [1.807, 2.05) is 6.07 Å². The highest BCUT2D eigenvalue weighted by Crippen LogP contribution is 2.07. The zero-order valence-corrected chi connectivity index (χ0v) is 12.3. The van der Waals surface area contributed by atoms with E-state index in [0.29, 0.717) is 25.7 Å². The van der Waals surface area contributed by atoms with Gasteiger partial charge in [0.15, 0.2) is 0 Å². The van der Waals surface area contributed by atoms with E-state index in [1.165, 1.54) is 5.56 Å². The number of carbonyl (C=O) groups is 1. The Morgan fingerprint density at radius 2 is 1.89 bits per heavy atom. The van der Waals surface area contributed by atoms with Crippen LogP contribution in [0.3, 0.4) is 0 Å². The molecule has 0 atom stereocenters. The van der Waals surface area contributed by atoms with Crippen LogP contribution >= 0.6 is 0 Å². The number of Topliss-reactive ketones (excluding diaryl/α,β-unsaturated/α-hetero) is 1. The maximum atomic E-state index is 10.8. The fourth-order valence-corrected chi connectivity index (χ4v) is 1.84. The first-order chi connectivity index (χ1) is 9.09. The molecule has 0 unspecified atom stereocenters. The van der Waals surface area contributed by atoms with E-state index >= 15 is 0 Å². The summed E-state index contributed by atoms with van der Waals surface area (Å²) in [6.07, 6.45) is 0.514. The summed E-state index contributed by atoms with van der Waals surface area (Å²) in [6.45, 7) is 9.03. The molecule has 0 aliphatic carbocycles. The average Bonchev–Trinajstić information content (AvgIpc) is 2.37. The number of ether oxygens (including phenoxy) is 1. The lowest BCUT2D eigenvalue weighted by Crippen LogP contribution is -2.33. The minimum absolute atomic E-state index is 0.185. The van der Waals surface area contributed by atoms with Gasteiger partial charge in [0.25, 0.3) is 0 Å². The Kier molecular flexibility index (Phi) is 7.38. The zero-order valence-electron chi connectivity index (χ0n) is 12.3. The van der Waals surface area contributed by atoms with Gasteiger partial charge in [0, 0.05) is 25.6 Å². The van der Waals surface area contributed by atoms with Crippen LogP contribution in [-0.4, -0.2) is 36.5 Å². The number of carbonyl (C=O) groups excluding carboxylic acids is 1. The smallest absolute Gasteiger partial charge is 0.132 e. The van der Waals surface area contributed by atoms with Crippen molar-refractivity contribution in [1.29, 1.82) is 0 Å². The molecule has 0 N–H and O–H groups in total. The van der Waals surface area contributed by atoms with Crippen LogP contribution in [0.2, 0.25) is 0 Å². The Morgan fingerprint density at radius 1 is 1.21 bits per heavy atom. The van der Waals surface area contributed by atoms with Crippen molar-refractivity contribution in [3.63, 3.8) is 0 Å². The number of benzene rings is 1. The molecule has 0 spiro atoms. The average molecular weight is 263 g/mol. The molecule has 0 radical (unpaired) electrons. The zero-order chi connectivity index (χ0) is 14.1. The minimum atomic E-state index is 0.185. The van der Waals surface area contributed by atoms with Crippen molar-refractivity contribution in [2.75, 3.05) is 19.8 Å². The molecule has 3 heteroatoms. The molecule has 0 fully saturated rings. The Bertz CT molecular complexity index is 362. The van der Waals surface area contributed by atoms with Crippen molar-refractivity contribution in [2.24, 2.45) is 0 Å². The third-order valence-electron chi connectivity index (χ3n) is 3.08. The first-order valence-corrected chi connectivity index (χ1v) is 6.94. The lowest BCUT2D eigenvalue weighted by Gasteiger charge is -2.26. The Hall–Kier alpha value is -1.19. The highest BCUT2D eigenvalue weighted by atomic mass is 16.5. The molecule has 1 rings (SSSR count). The van der Waals surface area contributed by atoms with Crippen LogP contribution in [0.4, 0.5) is 0 Å². The van der Waals surface area contributed by atoms with Crippen LogP contribution < -0.4 is 0 Å². The summed E-state index contributed by atoms with van der Waals surface area (Å²) in [4.78, 5) is 13.2. The van der Waals surface area contributed by atoms with E-state index in [4.69, 9.17) is 4.74 Å². The molecule has 0 aliphatic rings. The number of hydrogen-bond acceptors (Lipinski definition) is 3. The van der Waals surface area contributed by atoms with E-state index in [0.717, 1.165) is 13.1 Å². The van der Waals surface area contributed by atoms with Crippen molar-refractivity contribution in [3.8, 4) is 0 Å². The summed E-state index contributed by atoms with van der Waals surface area (Å²) in [7, 11) is 0. The highest BCUT2D eigenvalue weighted by Gasteiger charge is 2.09. The molecule has 0 aromatic heterocycles. The van der Waals surface area contributed by atoms with Gasteiger partial charge in [0.05, 0.1) is 13.2 Å². The molecule has 0 saturated carbocycles. The molecular formula is C16H25NO2. The Morgan fingerprint density at radius 3 is 2.47 bits per heavy atom. The van der Waals surface area contributed by atoms with Crippen LogP contribution in [0.1, 0.15) is 32.8 Å². The maximum Gasteiger partial charge on any atom is 0.132 e. The van der Waals surface area contributed by atoms with Gasteiger partial charge in [-0.3, -0.25) is 9.69 Å². The van der Waals surface area contributed by atoms with E-state index in [2.05, 4.69) is 43.0 Å². The molecule has 0 heterocycles. The van der Waals surface area contributed by atoms with Gasteiger partial charge in [-0.1, -0.05) is 30.3 Å². The molecule has 0 saturated heterocycles. The second kappa shape index (κ2) is 8.83. The second-order valence-electron chi connectivity index (χ2n) is 5.11. The highest BCUT2D eigenvalue weighted by molar-refractivity contribution is 5.75. The summed E-state index contributed by atoms with van der Waals surface area (Å²) in [5.74, 6) is 0.185. The minimum Gasteiger partial charge on any atom is -0.380 e. The van der Waals surface area contributed by atoms with Crippen LogP contribution in [0, 0.1) is 0 Å². The third-order valence-corrected chi connectivity index (χ3v) is 3.08. The largest absolute Gasteiger partial charge is 0.380 e. The van der Waals surface area contributed by atoms with Gasteiger partial charge in [-0.2, -0.15) is 0 Å². The monoisotopic (exact) mass is 263 g/mol. The van der Waals surface area contributed by atoms with Crippen molar-refractivity contribution in [1.82, 2.24) is 4.90 Å². The van der Waals surface area contributed by atoms with E-state index in [1.54, 1.807) is 6.92 Å². The lowest BCUT2D eigenvalue weighted by molar-refractivity contribution is -0.118. The van der Waals surface area contributed by atoms with Gasteiger partial charge < -0.3 is 4.74 Å². The number of rotatable bonds is 9. The summed E-state index contributed by atoms with van der Waals surface area (Å²) < 4.78 is 5.50. The van der Waals surface area contributed by atoms with Gasteiger partial charge in [0.1, 0.15) is 5.78 Å². The maximum absolute atomic E-state index is 10.8. The SMILES string of the molecule is CC(=O)CCOCCN(Cc1ccccc1)C(C)C. The second-order valence-corrected chi connectivity index (χ2v) is 5.11. The van der Waals surface area contributed by atoms with E-state index in [9.17, 15) is 4.79 Å². The number of nitrogens with zero attached hydrogens (tertiary/aromatic N) is 1. The number of hydrogen-bond donors (Lipinski definition) is 0. The molecule has 1 aromatic carbocycles. The Labute approximate surface area is 116 Å². The fraction of sp³-hybridized carbons (Fsp3) is 0.562. The molecular weight excluding hydrogens is 238 g/mol. The van der Waals surface area contributed by atoms with Crippen molar-refractivity contribution in [2.45, 2.75) is 39.8 Å². The molecule has 0 amide bonds. The Balaban J connectivity index is 2.31. The lowest BCUT2D eigenvalue weighted by atomic mass is 10.2.